The van der Waals surface area contributed by atoms with Gasteiger partial charge in [-0.05, 0) is 18.9 Å². The predicted molar refractivity (Wildman–Crippen MR) is 69.6 cm³/mol. The highest BCUT2D eigenvalue weighted by molar-refractivity contribution is 7.80. The molecule has 1 fully saturated rings. The van der Waals surface area contributed by atoms with E-state index in [2.05, 4.69) is 10.3 Å². The highest BCUT2D eigenvalue weighted by atomic mass is 32.1. The molecule has 1 saturated carbocycles. The van der Waals surface area contributed by atoms with Gasteiger partial charge in [0.1, 0.15) is 0 Å². The molecule has 1 amide bonds. The normalized spacial score (nSPS) is 17.4. The maximum absolute atomic E-state index is 13.5. The first kappa shape index (κ1) is 12.9. The van der Waals surface area contributed by atoms with Crippen LogP contribution in [-0.4, -0.2) is 21.4 Å². The van der Waals surface area contributed by atoms with E-state index in [9.17, 15) is 9.18 Å². The molecule has 1 aliphatic rings. The van der Waals surface area contributed by atoms with Crippen LogP contribution < -0.4 is 11.1 Å². The maximum atomic E-state index is 13.5. The Kier molecular flexibility index (Phi) is 3.56. The lowest BCUT2D eigenvalue weighted by Gasteiger charge is -2.29. The van der Waals surface area contributed by atoms with E-state index in [1.54, 1.807) is 0 Å². The Bertz CT molecular complexity index is 486. The number of hydrogen-bond donors (Lipinski definition) is 2. The zero-order chi connectivity index (χ0) is 13.2. The fourth-order valence-corrected chi connectivity index (χ4v) is 2.51. The summed E-state index contributed by atoms with van der Waals surface area (Å²) < 4.78 is 13.5. The van der Waals surface area contributed by atoms with Gasteiger partial charge in [0.15, 0.2) is 5.82 Å². The summed E-state index contributed by atoms with van der Waals surface area (Å²) in [5, 5.41) is 2.78. The SMILES string of the molecule is NC(=S)C1(NC(=O)c2ccncc2F)CCCC1. The number of nitrogens with zero attached hydrogens (tertiary/aromatic N) is 1. The smallest absolute Gasteiger partial charge is 0.255 e. The molecule has 3 N–H and O–H groups in total. The Morgan fingerprint density at radius 3 is 2.72 bits per heavy atom. The van der Waals surface area contributed by atoms with E-state index in [1.165, 1.54) is 12.3 Å². The molecule has 0 aliphatic heterocycles. The van der Waals surface area contributed by atoms with Crippen molar-refractivity contribution < 1.29 is 9.18 Å². The van der Waals surface area contributed by atoms with Crippen molar-refractivity contribution in [3.63, 3.8) is 0 Å². The largest absolute Gasteiger partial charge is 0.391 e. The van der Waals surface area contributed by atoms with Gasteiger partial charge in [0.25, 0.3) is 5.91 Å². The molecule has 1 aliphatic carbocycles. The van der Waals surface area contributed by atoms with E-state index < -0.39 is 17.3 Å². The van der Waals surface area contributed by atoms with E-state index in [1.807, 2.05) is 0 Å². The molecule has 0 saturated heterocycles. The predicted octanol–water partition coefficient (Wildman–Crippen LogP) is 1.55. The minimum atomic E-state index is -0.665. The van der Waals surface area contributed by atoms with Crippen molar-refractivity contribution in [3.05, 3.63) is 29.8 Å². The summed E-state index contributed by atoms with van der Waals surface area (Å²) in [5.41, 5.74) is 5.01. The van der Waals surface area contributed by atoms with Crippen molar-refractivity contribution in [2.45, 2.75) is 31.2 Å². The Balaban J connectivity index is 2.21. The van der Waals surface area contributed by atoms with Crippen molar-refractivity contribution in [1.29, 1.82) is 0 Å². The second kappa shape index (κ2) is 4.97. The number of rotatable bonds is 3. The molecule has 0 atom stereocenters. The number of thiocarbonyl (C=S) groups is 1. The van der Waals surface area contributed by atoms with Gasteiger partial charge in [0.2, 0.25) is 0 Å². The molecule has 1 heterocycles. The third-order valence-electron chi connectivity index (χ3n) is 3.30. The topological polar surface area (TPSA) is 68.0 Å². The average Bonchev–Trinajstić information content (AvgIpc) is 2.79. The highest BCUT2D eigenvalue weighted by Crippen LogP contribution is 2.30. The van der Waals surface area contributed by atoms with Crippen LogP contribution in [-0.2, 0) is 0 Å². The molecule has 6 heteroatoms. The summed E-state index contributed by atoms with van der Waals surface area (Å²) in [6, 6.07) is 1.34. The Morgan fingerprint density at radius 2 is 2.17 bits per heavy atom. The fraction of sp³-hybridized carbons (Fsp3) is 0.417. The molecule has 2 rings (SSSR count). The van der Waals surface area contributed by atoms with E-state index in [0.717, 1.165) is 19.0 Å². The van der Waals surface area contributed by atoms with Gasteiger partial charge in [0.05, 0.1) is 22.3 Å². The minimum Gasteiger partial charge on any atom is -0.391 e. The number of halogens is 1. The minimum absolute atomic E-state index is 0.0347. The number of carbonyl (C=O) groups is 1. The van der Waals surface area contributed by atoms with Gasteiger partial charge in [0, 0.05) is 6.20 Å². The van der Waals surface area contributed by atoms with Crippen LogP contribution in [0.25, 0.3) is 0 Å². The lowest BCUT2D eigenvalue weighted by Crippen LogP contribution is -2.54. The van der Waals surface area contributed by atoms with E-state index >= 15 is 0 Å². The molecule has 4 nitrogen and oxygen atoms in total. The van der Waals surface area contributed by atoms with Crippen molar-refractivity contribution in [3.8, 4) is 0 Å². The zero-order valence-electron chi connectivity index (χ0n) is 9.78. The van der Waals surface area contributed by atoms with Gasteiger partial charge in [-0.15, -0.1) is 0 Å². The molecular weight excluding hydrogens is 253 g/mol. The average molecular weight is 267 g/mol. The summed E-state index contributed by atoms with van der Waals surface area (Å²) in [6.45, 7) is 0. The van der Waals surface area contributed by atoms with Gasteiger partial charge < -0.3 is 11.1 Å². The Morgan fingerprint density at radius 1 is 1.50 bits per heavy atom. The standard InChI is InChI=1S/C12H14FN3OS/c13-9-7-15-6-3-8(9)10(17)16-12(11(14)18)4-1-2-5-12/h3,6-7H,1-2,4-5H2,(H2,14,18)(H,16,17). The first-order valence-corrected chi connectivity index (χ1v) is 6.18. The molecule has 0 radical (unpaired) electrons. The number of amides is 1. The fourth-order valence-electron chi connectivity index (χ4n) is 2.26. The Hall–Kier alpha value is -1.56. The number of nitrogens with one attached hydrogen (secondary N) is 1. The molecule has 1 aromatic rings. The summed E-state index contributed by atoms with van der Waals surface area (Å²) >= 11 is 5.03. The van der Waals surface area contributed by atoms with Gasteiger partial charge in [-0.3, -0.25) is 9.78 Å². The lowest BCUT2D eigenvalue weighted by molar-refractivity contribution is 0.0920. The summed E-state index contributed by atoms with van der Waals surface area (Å²) in [7, 11) is 0. The number of aromatic nitrogens is 1. The van der Waals surface area contributed by atoms with Gasteiger partial charge >= 0.3 is 0 Å². The molecule has 0 bridgehead atoms. The quantitative estimate of drug-likeness (QED) is 0.815. The van der Waals surface area contributed by atoms with Crippen LogP contribution in [0.1, 0.15) is 36.0 Å². The molecular formula is C12H14FN3OS. The molecule has 96 valence electrons. The second-order valence-corrected chi connectivity index (χ2v) is 4.90. The molecule has 0 unspecified atom stereocenters. The number of hydrogen-bond acceptors (Lipinski definition) is 3. The summed E-state index contributed by atoms with van der Waals surface area (Å²) in [4.78, 5) is 15.9. The Labute approximate surface area is 110 Å². The van der Waals surface area contributed by atoms with Crippen LogP contribution >= 0.6 is 12.2 Å². The molecule has 1 aromatic heterocycles. The summed E-state index contributed by atoms with van der Waals surface area (Å²) in [5.74, 6) is -1.14. The van der Waals surface area contributed by atoms with Crippen LogP contribution in [0.5, 0.6) is 0 Å². The number of pyridine rings is 1. The molecule has 18 heavy (non-hydrogen) atoms. The van der Waals surface area contributed by atoms with E-state index in [4.69, 9.17) is 18.0 Å². The first-order chi connectivity index (χ1) is 8.55. The van der Waals surface area contributed by atoms with Crippen LogP contribution in [0, 0.1) is 5.82 Å². The van der Waals surface area contributed by atoms with Gasteiger partial charge in [-0.25, -0.2) is 4.39 Å². The third-order valence-corrected chi connectivity index (χ3v) is 3.69. The van der Waals surface area contributed by atoms with Crippen LogP contribution in [0.2, 0.25) is 0 Å². The van der Waals surface area contributed by atoms with E-state index in [0.29, 0.717) is 12.8 Å². The monoisotopic (exact) mass is 267 g/mol. The zero-order valence-corrected chi connectivity index (χ0v) is 10.6. The third kappa shape index (κ3) is 2.33. The lowest BCUT2D eigenvalue weighted by atomic mass is 9.97. The number of nitrogens with two attached hydrogens (primary N) is 1. The van der Waals surface area contributed by atoms with Crippen LogP contribution in [0.4, 0.5) is 4.39 Å². The maximum Gasteiger partial charge on any atom is 0.255 e. The van der Waals surface area contributed by atoms with Crippen LogP contribution in [0.3, 0.4) is 0 Å². The van der Waals surface area contributed by atoms with Crippen molar-refractivity contribution in [1.82, 2.24) is 10.3 Å². The second-order valence-electron chi connectivity index (χ2n) is 4.46. The van der Waals surface area contributed by atoms with E-state index in [-0.39, 0.29) is 10.6 Å². The van der Waals surface area contributed by atoms with Crippen molar-refractivity contribution in [2.24, 2.45) is 5.73 Å². The number of carbonyl (C=O) groups excluding carboxylic acids is 1. The van der Waals surface area contributed by atoms with Gasteiger partial charge in [-0.1, -0.05) is 25.1 Å². The van der Waals surface area contributed by atoms with Crippen molar-refractivity contribution in [2.75, 3.05) is 0 Å². The summed E-state index contributed by atoms with van der Waals surface area (Å²) in [6.07, 6.45) is 5.71. The highest BCUT2D eigenvalue weighted by Gasteiger charge is 2.38. The molecule has 0 spiro atoms. The van der Waals surface area contributed by atoms with Crippen LogP contribution in [0.15, 0.2) is 18.5 Å². The molecule has 0 aromatic carbocycles. The van der Waals surface area contributed by atoms with Gasteiger partial charge in [-0.2, -0.15) is 0 Å². The van der Waals surface area contributed by atoms with Crippen molar-refractivity contribution >= 4 is 23.1 Å². The first-order valence-electron chi connectivity index (χ1n) is 5.77.